The van der Waals surface area contributed by atoms with Crippen LogP contribution in [-0.2, 0) is 16.9 Å². The molecule has 188 valence electrons. The first-order valence-corrected chi connectivity index (χ1v) is 12.7. The van der Waals surface area contributed by atoms with Gasteiger partial charge in [-0.15, -0.1) is 0 Å². The number of hydrogen-bond donors (Lipinski definition) is 1. The van der Waals surface area contributed by atoms with Crippen molar-refractivity contribution in [2.24, 2.45) is 7.05 Å². The SMILES string of the molecule is Cc1cnc(Oc2cc3c(cn2)nc(C(=O)NC2(C)CCS(=O)(=O)CC2)n3C)c(OCC(F)F)c1. The number of hydrogen-bond acceptors (Lipinski definition) is 8. The van der Waals surface area contributed by atoms with Crippen LogP contribution in [0.15, 0.2) is 24.5 Å². The minimum Gasteiger partial charge on any atom is -0.482 e. The number of sulfone groups is 1. The van der Waals surface area contributed by atoms with Crippen molar-refractivity contribution in [2.75, 3.05) is 18.1 Å². The number of halogens is 2. The molecule has 4 heterocycles. The fraction of sp³-hybridized carbons (Fsp3) is 0.455. The van der Waals surface area contributed by atoms with E-state index in [0.29, 0.717) is 29.4 Å². The van der Waals surface area contributed by atoms with Crippen LogP contribution in [0.5, 0.6) is 17.5 Å². The summed E-state index contributed by atoms with van der Waals surface area (Å²) < 4.78 is 61.1. The van der Waals surface area contributed by atoms with Crippen molar-refractivity contribution in [1.82, 2.24) is 24.8 Å². The van der Waals surface area contributed by atoms with E-state index in [2.05, 4.69) is 20.3 Å². The van der Waals surface area contributed by atoms with Crippen LogP contribution in [0.25, 0.3) is 11.0 Å². The molecule has 0 unspecified atom stereocenters. The maximum absolute atomic E-state index is 13.0. The van der Waals surface area contributed by atoms with Crippen LogP contribution < -0.4 is 14.8 Å². The molecule has 1 aliphatic rings. The van der Waals surface area contributed by atoms with E-state index < -0.39 is 34.3 Å². The van der Waals surface area contributed by atoms with Crippen molar-refractivity contribution in [3.05, 3.63) is 35.9 Å². The van der Waals surface area contributed by atoms with Crippen molar-refractivity contribution in [2.45, 2.75) is 38.7 Å². The highest BCUT2D eigenvalue weighted by molar-refractivity contribution is 7.91. The quantitative estimate of drug-likeness (QED) is 0.516. The Bertz CT molecular complexity index is 1360. The average molecular weight is 510 g/mol. The Balaban J connectivity index is 1.55. The minimum atomic E-state index is -3.07. The zero-order valence-corrected chi connectivity index (χ0v) is 20.2. The van der Waals surface area contributed by atoms with Crippen molar-refractivity contribution in [3.63, 3.8) is 0 Å². The van der Waals surface area contributed by atoms with Crippen molar-refractivity contribution >= 4 is 26.8 Å². The van der Waals surface area contributed by atoms with Crippen LogP contribution in [0, 0.1) is 6.92 Å². The second kappa shape index (κ2) is 9.36. The third kappa shape index (κ3) is 5.66. The number of amides is 1. The molecule has 0 saturated carbocycles. The van der Waals surface area contributed by atoms with Gasteiger partial charge in [0.1, 0.15) is 22.0 Å². The molecule has 0 bridgehead atoms. The van der Waals surface area contributed by atoms with E-state index in [1.54, 1.807) is 24.6 Å². The van der Waals surface area contributed by atoms with Crippen LogP contribution >= 0.6 is 0 Å². The minimum absolute atomic E-state index is 0.0208. The molecule has 3 aromatic heterocycles. The molecule has 1 aliphatic heterocycles. The van der Waals surface area contributed by atoms with Crippen LogP contribution in [0.1, 0.15) is 35.9 Å². The van der Waals surface area contributed by atoms with Crippen LogP contribution in [0.2, 0.25) is 0 Å². The molecule has 0 atom stereocenters. The maximum Gasteiger partial charge on any atom is 0.287 e. The summed E-state index contributed by atoms with van der Waals surface area (Å²) in [5.74, 6) is -0.127. The molecule has 0 radical (unpaired) electrons. The smallest absolute Gasteiger partial charge is 0.287 e. The van der Waals surface area contributed by atoms with Gasteiger partial charge in [0.25, 0.3) is 18.2 Å². The predicted octanol–water partition coefficient (Wildman–Crippen LogP) is 2.81. The number of imidazole rings is 1. The standard InChI is InChI=1S/C22H25F2N5O5S/c1-13-8-16(33-12-17(23)24)21(26-10-13)34-18-9-15-14(11-25-18)27-19(29(15)3)20(30)28-22(2)4-6-35(31,32)7-5-22/h8-11,17H,4-7,12H2,1-3H3,(H,28,30). The number of nitrogens with zero attached hydrogens (tertiary/aromatic N) is 4. The molecule has 1 saturated heterocycles. The highest BCUT2D eigenvalue weighted by Gasteiger charge is 2.35. The fourth-order valence-electron chi connectivity index (χ4n) is 3.74. The van der Waals surface area contributed by atoms with Gasteiger partial charge in [0, 0.05) is 24.8 Å². The first-order chi connectivity index (χ1) is 16.4. The molecule has 0 aromatic carbocycles. The predicted molar refractivity (Wildman–Crippen MR) is 123 cm³/mol. The van der Waals surface area contributed by atoms with Gasteiger partial charge in [0.05, 0.1) is 23.2 Å². The zero-order chi connectivity index (χ0) is 25.4. The Hall–Kier alpha value is -3.35. The summed E-state index contributed by atoms with van der Waals surface area (Å²) >= 11 is 0. The molecule has 10 nitrogen and oxygen atoms in total. The number of ether oxygens (including phenoxy) is 2. The maximum atomic E-state index is 13.0. The third-order valence-corrected chi connectivity index (χ3v) is 7.46. The number of carbonyl (C=O) groups is 1. The molecular formula is C22H25F2N5O5S. The molecule has 4 rings (SSSR count). The summed E-state index contributed by atoms with van der Waals surface area (Å²) in [5.41, 5.74) is 1.03. The Morgan fingerprint density at radius 3 is 2.63 bits per heavy atom. The molecular weight excluding hydrogens is 484 g/mol. The van der Waals surface area contributed by atoms with Gasteiger partial charge in [-0.3, -0.25) is 4.79 Å². The van der Waals surface area contributed by atoms with Crippen LogP contribution in [-0.4, -0.2) is 63.9 Å². The molecule has 0 spiro atoms. The van der Waals surface area contributed by atoms with Gasteiger partial charge in [0.15, 0.2) is 11.6 Å². The largest absolute Gasteiger partial charge is 0.482 e. The Kier molecular flexibility index (Phi) is 6.62. The number of aryl methyl sites for hydroxylation is 2. The summed E-state index contributed by atoms with van der Waals surface area (Å²) in [4.78, 5) is 25.6. The Labute approximate surface area is 200 Å². The first-order valence-electron chi connectivity index (χ1n) is 10.9. The number of nitrogens with one attached hydrogen (secondary N) is 1. The zero-order valence-electron chi connectivity index (χ0n) is 19.4. The Morgan fingerprint density at radius 2 is 1.94 bits per heavy atom. The lowest BCUT2D eigenvalue weighted by molar-refractivity contribution is 0.0803. The molecule has 35 heavy (non-hydrogen) atoms. The van der Waals surface area contributed by atoms with E-state index in [9.17, 15) is 22.0 Å². The van der Waals surface area contributed by atoms with Crippen molar-refractivity contribution in [3.8, 4) is 17.5 Å². The van der Waals surface area contributed by atoms with Crippen molar-refractivity contribution < 1.29 is 31.5 Å². The van der Waals surface area contributed by atoms with E-state index in [1.165, 1.54) is 18.5 Å². The van der Waals surface area contributed by atoms with Crippen molar-refractivity contribution in [1.29, 1.82) is 0 Å². The van der Waals surface area contributed by atoms with Gasteiger partial charge in [-0.05, 0) is 38.3 Å². The first kappa shape index (κ1) is 24.8. The monoisotopic (exact) mass is 509 g/mol. The van der Waals surface area contributed by atoms with E-state index in [-0.39, 0.29) is 34.8 Å². The van der Waals surface area contributed by atoms with Gasteiger partial charge < -0.3 is 19.4 Å². The number of pyridine rings is 2. The van der Waals surface area contributed by atoms with Gasteiger partial charge >= 0.3 is 0 Å². The summed E-state index contributed by atoms with van der Waals surface area (Å²) in [6.45, 7) is 2.75. The topological polar surface area (TPSA) is 125 Å². The average Bonchev–Trinajstić information content (AvgIpc) is 3.12. The van der Waals surface area contributed by atoms with Gasteiger partial charge in [-0.1, -0.05) is 0 Å². The number of alkyl halides is 2. The molecule has 0 aliphatic carbocycles. The lowest BCUT2D eigenvalue weighted by Crippen LogP contribution is -2.51. The number of fused-ring (bicyclic) bond motifs is 1. The van der Waals surface area contributed by atoms with Crippen LogP contribution in [0.3, 0.4) is 0 Å². The highest BCUT2D eigenvalue weighted by atomic mass is 32.2. The summed E-state index contributed by atoms with van der Waals surface area (Å²) in [6, 6.07) is 3.08. The lowest BCUT2D eigenvalue weighted by atomic mass is 9.95. The fourth-order valence-corrected chi connectivity index (χ4v) is 5.47. The van der Waals surface area contributed by atoms with Crippen LogP contribution in [0.4, 0.5) is 8.78 Å². The van der Waals surface area contributed by atoms with Gasteiger partial charge in [-0.25, -0.2) is 32.2 Å². The molecule has 1 N–H and O–H groups in total. The third-order valence-electron chi connectivity index (χ3n) is 5.81. The molecule has 3 aromatic rings. The van der Waals surface area contributed by atoms with E-state index in [4.69, 9.17) is 9.47 Å². The highest BCUT2D eigenvalue weighted by Crippen LogP contribution is 2.31. The van der Waals surface area contributed by atoms with Gasteiger partial charge in [0.2, 0.25) is 5.88 Å². The second-order valence-electron chi connectivity index (χ2n) is 8.79. The van der Waals surface area contributed by atoms with E-state index >= 15 is 0 Å². The van der Waals surface area contributed by atoms with Gasteiger partial charge in [-0.2, -0.15) is 0 Å². The summed E-state index contributed by atoms with van der Waals surface area (Å²) in [6.07, 6.45) is 0.919. The van der Waals surface area contributed by atoms with E-state index in [1.807, 2.05) is 6.92 Å². The molecule has 1 amide bonds. The summed E-state index contributed by atoms with van der Waals surface area (Å²) in [7, 11) is -1.42. The number of carbonyl (C=O) groups excluding carboxylic acids is 1. The number of aromatic nitrogens is 4. The Morgan fingerprint density at radius 1 is 1.23 bits per heavy atom. The molecule has 13 heteroatoms. The lowest BCUT2D eigenvalue weighted by Gasteiger charge is -2.34. The summed E-state index contributed by atoms with van der Waals surface area (Å²) in [5, 5.41) is 2.92. The molecule has 1 fully saturated rings. The second-order valence-corrected chi connectivity index (χ2v) is 11.1. The van der Waals surface area contributed by atoms with E-state index in [0.717, 1.165) is 0 Å². The number of rotatable bonds is 7. The normalized spacial score (nSPS) is 16.9.